The van der Waals surface area contributed by atoms with Crippen LogP contribution in [0.5, 0.6) is 5.75 Å². The highest BCUT2D eigenvalue weighted by Gasteiger charge is 2.22. The predicted octanol–water partition coefficient (Wildman–Crippen LogP) is 3.34. The van der Waals surface area contributed by atoms with Crippen LogP contribution in [0.15, 0.2) is 57.7 Å². The minimum absolute atomic E-state index is 0.00503. The van der Waals surface area contributed by atoms with Gasteiger partial charge in [0.25, 0.3) is 0 Å². The zero-order valence-electron chi connectivity index (χ0n) is 17.1. The smallest absolute Gasteiger partial charge is 0.220 e. The maximum atomic E-state index is 13.0. The first-order chi connectivity index (χ1) is 14.5. The molecule has 0 atom stereocenters. The second kappa shape index (κ2) is 8.71. The summed E-state index contributed by atoms with van der Waals surface area (Å²) in [5.74, 6) is 1.06. The molecule has 1 aliphatic rings. The average Bonchev–Trinajstić information content (AvgIpc) is 2.75. The predicted molar refractivity (Wildman–Crippen MR) is 117 cm³/mol. The summed E-state index contributed by atoms with van der Waals surface area (Å²) in [6.07, 6.45) is 1.61. The zero-order valence-corrected chi connectivity index (χ0v) is 17.1. The summed E-state index contributed by atoms with van der Waals surface area (Å²) in [6, 6.07) is 14.9. The minimum atomic E-state index is -0.200. The summed E-state index contributed by atoms with van der Waals surface area (Å²) in [4.78, 5) is 26.6. The summed E-state index contributed by atoms with van der Waals surface area (Å²) >= 11 is 0. The van der Waals surface area contributed by atoms with Gasteiger partial charge >= 0.3 is 0 Å². The molecule has 0 saturated carbocycles. The van der Waals surface area contributed by atoms with Crippen LogP contribution in [-0.4, -0.2) is 37.0 Å². The fourth-order valence-corrected chi connectivity index (χ4v) is 4.05. The maximum Gasteiger partial charge on any atom is 0.220 e. The van der Waals surface area contributed by atoms with Gasteiger partial charge in [-0.05, 0) is 50.6 Å². The molecule has 156 valence electrons. The van der Waals surface area contributed by atoms with Crippen LogP contribution < -0.4 is 15.9 Å². The van der Waals surface area contributed by atoms with E-state index in [0.717, 1.165) is 38.0 Å². The van der Waals surface area contributed by atoms with Gasteiger partial charge in [-0.25, -0.2) is 0 Å². The Morgan fingerprint density at radius 2 is 1.90 bits per heavy atom. The molecule has 4 rings (SSSR count). The highest BCUT2D eigenvalue weighted by Crippen LogP contribution is 2.26. The second-order valence-corrected chi connectivity index (χ2v) is 7.75. The first-order valence-electron chi connectivity index (χ1n) is 10.3. The number of amides is 1. The lowest BCUT2D eigenvalue weighted by molar-refractivity contribution is -0.123. The van der Waals surface area contributed by atoms with Crippen molar-refractivity contribution in [3.8, 4) is 16.9 Å². The van der Waals surface area contributed by atoms with E-state index in [4.69, 9.17) is 14.9 Å². The number of carbonyl (C=O) groups excluding carboxylic acids is 1. The molecule has 1 aliphatic heterocycles. The lowest BCUT2D eigenvalue weighted by Crippen LogP contribution is -2.40. The molecule has 0 spiro atoms. The number of aryl methyl sites for hydroxylation is 1. The molecule has 30 heavy (non-hydrogen) atoms. The third kappa shape index (κ3) is 4.24. The Bertz CT molecular complexity index is 1100. The van der Waals surface area contributed by atoms with E-state index in [0.29, 0.717) is 34.6 Å². The van der Waals surface area contributed by atoms with Gasteiger partial charge in [0.15, 0.2) is 0 Å². The molecular weight excluding hydrogens is 380 g/mol. The van der Waals surface area contributed by atoms with Crippen LogP contribution in [-0.2, 0) is 4.79 Å². The number of ether oxygens (including phenoxy) is 1. The van der Waals surface area contributed by atoms with Crippen LogP contribution in [0.3, 0.4) is 0 Å². The molecule has 1 amide bonds. The number of likely N-dealkylation sites (tertiary alicyclic amines) is 1. The number of rotatable bonds is 6. The van der Waals surface area contributed by atoms with Gasteiger partial charge in [-0.2, -0.15) is 0 Å². The van der Waals surface area contributed by atoms with Crippen LogP contribution in [0.25, 0.3) is 22.1 Å². The number of primary amides is 1. The fraction of sp³-hybridized carbons (Fsp3) is 0.333. The van der Waals surface area contributed by atoms with E-state index in [-0.39, 0.29) is 17.3 Å². The Labute approximate surface area is 175 Å². The van der Waals surface area contributed by atoms with Crippen LogP contribution in [0.2, 0.25) is 0 Å². The van der Waals surface area contributed by atoms with E-state index in [1.165, 1.54) is 0 Å². The van der Waals surface area contributed by atoms with Gasteiger partial charge in [-0.1, -0.05) is 30.3 Å². The van der Waals surface area contributed by atoms with Gasteiger partial charge in [0.1, 0.15) is 23.7 Å². The number of hydrogen-bond donors (Lipinski definition) is 1. The first kappa shape index (κ1) is 20.2. The summed E-state index contributed by atoms with van der Waals surface area (Å²) in [7, 11) is 0. The molecule has 6 heteroatoms. The van der Waals surface area contributed by atoms with Crippen molar-refractivity contribution in [2.45, 2.75) is 19.8 Å². The van der Waals surface area contributed by atoms with E-state index in [9.17, 15) is 9.59 Å². The highest BCUT2D eigenvalue weighted by molar-refractivity contribution is 5.83. The molecular formula is C24H26N2O4. The molecule has 6 nitrogen and oxygen atoms in total. The maximum absolute atomic E-state index is 13.0. The van der Waals surface area contributed by atoms with E-state index in [2.05, 4.69) is 4.90 Å². The number of fused-ring (bicyclic) bond motifs is 1. The Balaban J connectivity index is 1.44. The molecule has 3 aromatic rings. The van der Waals surface area contributed by atoms with Gasteiger partial charge in [0, 0.05) is 18.5 Å². The lowest BCUT2D eigenvalue weighted by atomic mass is 9.96. The van der Waals surface area contributed by atoms with Crippen LogP contribution in [0.4, 0.5) is 0 Å². The van der Waals surface area contributed by atoms with E-state index in [1.807, 2.05) is 43.3 Å². The summed E-state index contributed by atoms with van der Waals surface area (Å²) in [6.45, 7) is 4.82. The minimum Gasteiger partial charge on any atom is -0.492 e. The summed E-state index contributed by atoms with van der Waals surface area (Å²) < 4.78 is 11.9. The molecule has 1 saturated heterocycles. The van der Waals surface area contributed by atoms with Gasteiger partial charge in [0.05, 0.1) is 10.9 Å². The summed E-state index contributed by atoms with van der Waals surface area (Å²) in [5, 5.41) is 0.542. The number of carbonyl (C=O) groups is 1. The number of nitrogens with two attached hydrogens (primary N) is 1. The van der Waals surface area contributed by atoms with Gasteiger partial charge in [0.2, 0.25) is 11.3 Å². The Hall–Kier alpha value is -3.12. The van der Waals surface area contributed by atoms with E-state index >= 15 is 0 Å². The SMILES string of the molecule is Cc1oc2cc(OCCN3CCC(C(N)=O)CC3)ccc2c(=O)c1-c1ccccc1. The van der Waals surface area contributed by atoms with Crippen molar-refractivity contribution in [2.75, 3.05) is 26.2 Å². The van der Waals surface area contributed by atoms with Crippen molar-refractivity contribution in [3.05, 3.63) is 64.5 Å². The van der Waals surface area contributed by atoms with Gasteiger partial charge in [-0.15, -0.1) is 0 Å². The van der Waals surface area contributed by atoms with Crippen molar-refractivity contribution in [1.29, 1.82) is 0 Å². The molecule has 0 bridgehead atoms. The Kier molecular flexibility index (Phi) is 5.86. The van der Waals surface area contributed by atoms with Crippen LogP contribution in [0.1, 0.15) is 18.6 Å². The monoisotopic (exact) mass is 406 g/mol. The normalized spacial score (nSPS) is 15.4. The van der Waals surface area contributed by atoms with Crippen molar-refractivity contribution >= 4 is 16.9 Å². The van der Waals surface area contributed by atoms with Crippen LogP contribution in [0, 0.1) is 12.8 Å². The molecule has 1 fully saturated rings. The number of hydrogen-bond acceptors (Lipinski definition) is 5. The van der Waals surface area contributed by atoms with Crippen molar-refractivity contribution in [3.63, 3.8) is 0 Å². The molecule has 1 aromatic heterocycles. The fourth-order valence-electron chi connectivity index (χ4n) is 4.05. The van der Waals surface area contributed by atoms with E-state index in [1.54, 1.807) is 12.1 Å². The van der Waals surface area contributed by atoms with Crippen molar-refractivity contribution in [2.24, 2.45) is 11.7 Å². The number of benzene rings is 2. The number of nitrogens with zero attached hydrogens (tertiary/aromatic N) is 1. The molecule has 2 N–H and O–H groups in total. The highest BCUT2D eigenvalue weighted by atomic mass is 16.5. The quantitative estimate of drug-likeness (QED) is 0.679. The molecule has 2 aromatic carbocycles. The Morgan fingerprint density at radius 1 is 1.17 bits per heavy atom. The first-order valence-corrected chi connectivity index (χ1v) is 10.3. The van der Waals surface area contributed by atoms with Gasteiger partial charge < -0.3 is 14.9 Å². The second-order valence-electron chi connectivity index (χ2n) is 7.75. The van der Waals surface area contributed by atoms with Gasteiger partial charge in [-0.3, -0.25) is 14.5 Å². The molecule has 2 heterocycles. The lowest BCUT2D eigenvalue weighted by Gasteiger charge is -2.30. The standard InChI is InChI=1S/C24H26N2O4/c1-16-22(17-5-3-2-4-6-17)23(27)20-8-7-19(15-21(20)30-16)29-14-13-26-11-9-18(10-12-26)24(25)28/h2-8,15,18H,9-14H2,1H3,(H2,25,28). The largest absolute Gasteiger partial charge is 0.492 e. The summed E-state index contributed by atoms with van der Waals surface area (Å²) in [5.41, 5.74) is 7.32. The third-order valence-corrected chi connectivity index (χ3v) is 5.77. The Morgan fingerprint density at radius 3 is 2.60 bits per heavy atom. The van der Waals surface area contributed by atoms with E-state index < -0.39 is 0 Å². The average molecular weight is 406 g/mol. The molecule has 0 unspecified atom stereocenters. The zero-order chi connectivity index (χ0) is 21.1. The van der Waals surface area contributed by atoms with Crippen molar-refractivity contribution in [1.82, 2.24) is 4.90 Å². The third-order valence-electron chi connectivity index (χ3n) is 5.77. The molecule has 0 aliphatic carbocycles. The molecule has 0 radical (unpaired) electrons. The topological polar surface area (TPSA) is 85.8 Å². The van der Waals surface area contributed by atoms with Crippen molar-refractivity contribution < 1.29 is 13.9 Å². The number of piperidine rings is 1. The van der Waals surface area contributed by atoms with Crippen LogP contribution >= 0.6 is 0 Å².